The summed E-state index contributed by atoms with van der Waals surface area (Å²) in [5.74, 6) is -3.35. The summed E-state index contributed by atoms with van der Waals surface area (Å²) in [4.78, 5) is 57.5. The van der Waals surface area contributed by atoms with E-state index in [1.54, 1.807) is 16.8 Å². The number of rotatable bonds is 4. The molecule has 5 unspecified atom stereocenters. The summed E-state index contributed by atoms with van der Waals surface area (Å²) in [6.45, 7) is 1.06. The topological polar surface area (TPSA) is 142 Å². The van der Waals surface area contributed by atoms with Gasteiger partial charge in [0.25, 0.3) is 5.91 Å². The van der Waals surface area contributed by atoms with E-state index in [1.807, 2.05) is 36.4 Å². The van der Waals surface area contributed by atoms with Crippen molar-refractivity contribution < 1.29 is 32.3 Å². The van der Waals surface area contributed by atoms with Gasteiger partial charge in [-0.25, -0.2) is 13.2 Å². The molecule has 0 aromatic heterocycles. The molecule has 1 aromatic rings. The third-order valence-corrected chi connectivity index (χ3v) is 11.4. The number of para-hydroxylation sites is 1. The van der Waals surface area contributed by atoms with Crippen LogP contribution in [-0.4, -0.2) is 74.2 Å². The molecule has 6 rings (SSSR count). The molecule has 3 saturated carbocycles. The summed E-state index contributed by atoms with van der Waals surface area (Å²) < 4.78 is 33.4. The van der Waals surface area contributed by atoms with E-state index in [2.05, 4.69) is 10.0 Å². The van der Waals surface area contributed by atoms with Gasteiger partial charge in [0.15, 0.2) is 0 Å². The summed E-state index contributed by atoms with van der Waals surface area (Å²) in [6.07, 6.45) is 8.35. The Morgan fingerprint density at radius 2 is 1.81 bits per heavy atom. The second-order valence-electron chi connectivity index (χ2n) is 12.7. The number of amides is 4. The van der Waals surface area contributed by atoms with Gasteiger partial charge in [0, 0.05) is 26.1 Å². The maximum Gasteiger partial charge on any atom is 0.414 e. The minimum atomic E-state index is -3.81. The maximum absolute atomic E-state index is 13.9. The van der Waals surface area contributed by atoms with Crippen LogP contribution in [-0.2, 0) is 35.6 Å². The van der Waals surface area contributed by atoms with Crippen LogP contribution < -0.4 is 14.9 Å². The molecule has 11 nitrogen and oxygen atoms in total. The highest BCUT2D eigenvalue weighted by atomic mass is 32.2. The second kappa shape index (κ2) is 11.6. The first-order valence-corrected chi connectivity index (χ1v) is 17.0. The number of anilines is 1. The summed E-state index contributed by atoms with van der Waals surface area (Å²) in [5.41, 5.74) is 0.485. The number of fused-ring (bicyclic) bond motifs is 3. The number of hydrogen-bond acceptors (Lipinski definition) is 7. The van der Waals surface area contributed by atoms with Crippen molar-refractivity contribution in [1.82, 2.24) is 14.9 Å². The van der Waals surface area contributed by atoms with Gasteiger partial charge in [0.1, 0.15) is 11.6 Å². The Balaban J connectivity index is 1.22. The fourth-order valence-corrected chi connectivity index (χ4v) is 8.18. The molecule has 0 bridgehead atoms. The molecule has 4 amide bonds. The lowest BCUT2D eigenvalue weighted by Crippen LogP contribution is -2.54. The average Bonchev–Trinajstić information content (AvgIpc) is 3.91. The molecule has 3 fully saturated rings. The Bertz CT molecular complexity index is 1440. The van der Waals surface area contributed by atoms with E-state index >= 15 is 0 Å². The highest BCUT2D eigenvalue weighted by Gasteiger charge is 2.62. The number of benzene rings is 1. The molecule has 0 spiro atoms. The minimum absolute atomic E-state index is 0.135. The van der Waals surface area contributed by atoms with Crippen LogP contribution in [0, 0.1) is 17.8 Å². The first-order chi connectivity index (χ1) is 20.6. The maximum atomic E-state index is 13.9. The summed E-state index contributed by atoms with van der Waals surface area (Å²) in [6, 6.07) is 7.71. The van der Waals surface area contributed by atoms with Gasteiger partial charge in [-0.15, -0.1) is 0 Å². The number of sulfonamides is 1. The van der Waals surface area contributed by atoms with E-state index in [0.717, 1.165) is 43.4 Å². The Morgan fingerprint density at radius 3 is 2.60 bits per heavy atom. The van der Waals surface area contributed by atoms with E-state index < -0.39 is 56.7 Å². The summed E-state index contributed by atoms with van der Waals surface area (Å²) in [5, 5.41) is 2.29. The Morgan fingerprint density at radius 1 is 1.05 bits per heavy atom. The summed E-state index contributed by atoms with van der Waals surface area (Å²) >= 11 is 0. The van der Waals surface area contributed by atoms with Crippen molar-refractivity contribution in [3.8, 4) is 0 Å². The predicted molar refractivity (Wildman–Crippen MR) is 158 cm³/mol. The number of aryl methyl sites for hydroxylation is 1. The van der Waals surface area contributed by atoms with E-state index in [9.17, 15) is 27.6 Å². The standard InChI is InChI=1S/C31H40N4O7S/c1-34-15-7-3-2-4-11-21-19-31(21,29(38)33-43(40,41)23-13-14-23)32-27(36)24-17-22(18-25(24)28(34)37)42-30(39)35-16-8-10-20-9-5-6-12-26(20)35/h4-6,9,11-12,21-25H,2-3,7-8,10,13-19H2,1H3,(H,32,36)(H,33,38)/b11-4+. The van der Waals surface area contributed by atoms with Crippen molar-refractivity contribution in [2.24, 2.45) is 17.8 Å². The fourth-order valence-electron chi connectivity index (χ4n) is 6.82. The second-order valence-corrected chi connectivity index (χ2v) is 14.7. The van der Waals surface area contributed by atoms with E-state index in [1.165, 1.54) is 0 Å². The molecule has 2 heterocycles. The third-order valence-electron chi connectivity index (χ3n) is 9.59. The van der Waals surface area contributed by atoms with Crippen molar-refractivity contribution in [3.63, 3.8) is 0 Å². The molecular formula is C31H40N4O7S. The van der Waals surface area contributed by atoms with Crippen LogP contribution in [0.1, 0.15) is 63.4 Å². The molecule has 0 saturated heterocycles. The molecule has 5 aliphatic rings. The fraction of sp³-hybridized carbons (Fsp3) is 0.613. The minimum Gasteiger partial charge on any atom is -0.446 e. The average molecular weight is 613 g/mol. The molecule has 3 aliphatic carbocycles. The van der Waals surface area contributed by atoms with Crippen LogP contribution in [0.15, 0.2) is 36.4 Å². The van der Waals surface area contributed by atoms with Crippen LogP contribution in [0.25, 0.3) is 0 Å². The van der Waals surface area contributed by atoms with Crippen molar-refractivity contribution in [1.29, 1.82) is 0 Å². The van der Waals surface area contributed by atoms with Gasteiger partial charge in [-0.2, -0.15) is 0 Å². The number of allylic oxidation sites excluding steroid dienone is 1. The highest BCUT2D eigenvalue weighted by Crippen LogP contribution is 2.47. The summed E-state index contributed by atoms with van der Waals surface area (Å²) in [7, 11) is -2.09. The van der Waals surface area contributed by atoms with Crippen LogP contribution >= 0.6 is 0 Å². The molecule has 5 atom stereocenters. The molecule has 43 heavy (non-hydrogen) atoms. The van der Waals surface area contributed by atoms with Gasteiger partial charge in [-0.3, -0.25) is 24.0 Å². The SMILES string of the molecule is CN1CCCC/C=C/C2CC2(C(=O)NS(=O)(=O)C2CC2)NC(=O)C2CC(OC(=O)N3CCCc4ccccc43)CC2C1=O. The zero-order chi connectivity index (χ0) is 30.4. The van der Waals surface area contributed by atoms with E-state index in [4.69, 9.17) is 4.74 Å². The molecule has 0 radical (unpaired) electrons. The molecular weight excluding hydrogens is 572 g/mol. The Kier molecular flexibility index (Phi) is 7.99. The lowest BCUT2D eigenvalue weighted by Gasteiger charge is -2.29. The lowest BCUT2D eigenvalue weighted by molar-refractivity contribution is -0.140. The zero-order valence-corrected chi connectivity index (χ0v) is 25.3. The van der Waals surface area contributed by atoms with E-state index in [-0.39, 0.29) is 31.1 Å². The number of nitrogens with zero attached hydrogens (tertiary/aromatic N) is 2. The Labute approximate surface area is 252 Å². The zero-order valence-electron chi connectivity index (χ0n) is 24.5. The quantitative estimate of drug-likeness (QED) is 0.498. The van der Waals surface area contributed by atoms with Crippen molar-refractivity contribution in [2.45, 2.75) is 81.1 Å². The number of ether oxygens (including phenoxy) is 1. The predicted octanol–water partition coefficient (Wildman–Crippen LogP) is 2.65. The molecule has 12 heteroatoms. The molecule has 2 aliphatic heterocycles. The first-order valence-electron chi connectivity index (χ1n) is 15.4. The van der Waals surface area contributed by atoms with Gasteiger partial charge >= 0.3 is 6.09 Å². The molecule has 1 aromatic carbocycles. The van der Waals surface area contributed by atoms with Crippen LogP contribution in [0.4, 0.5) is 10.5 Å². The number of hydrogen-bond donors (Lipinski definition) is 2. The smallest absolute Gasteiger partial charge is 0.414 e. The van der Waals surface area contributed by atoms with Crippen molar-refractivity contribution in [2.75, 3.05) is 25.0 Å². The largest absolute Gasteiger partial charge is 0.446 e. The number of carbonyl (C=O) groups is 4. The van der Waals surface area contributed by atoms with Gasteiger partial charge in [0.2, 0.25) is 21.8 Å². The number of nitrogens with one attached hydrogen (secondary N) is 2. The van der Waals surface area contributed by atoms with Gasteiger partial charge in [0.05, 0.1) is 22.8 Å². The van der Waals surface area contributed by atoms with Gasteiger partial charge in [-0.1, -0.05) is 30.4 Å². The van der Waals surface area contributed by atoms with Crippen molar-refractivity contribution in [3.05, 3.63) is 42.0 Å². The number of carbonyl (C=O) groups excluding carboxylic acids is 4. The lowest BCUT2D eigenvalue weighted by atomic mass is 9.93. The monoisotopic (exact) mass is 612 g/mol. The Hall–Kier alpha value is -3.41. The van der Waals surface area contributed by atoms with Gasteiger partial charge < -0.3 is 15.0 Å². The highest BCUT2D eigenvalue weighted by molar-refractivity contribution is 7.91. The normalized spacial score (nSPS) is 31.9. The molecule has 2 N–H and O–H groups in total. The molecule has 232 valence electrons. The van der Waals surface area contributed by atoms with E-state index in [0.29, 0.717) is 25.9 Å². The van der Waals surface area contributed by atoms with Crippen LogP contribution in [0.3, 0.4) is 0 Å². The first kappa shape index (κ1) is 29.7. The van der Waals surface area contributed by atoms with Crippen molar-refractivity contribution >= 4 is 39.5 Å². The van der Waals surface area contributed by atoms with Gasteiger partial charge in [-0.05, 0) is 75.8 Å². The van der Waals surface area contributed by atoms with Crippen LogP contribution in [0.5, 0.6) is 0 Å². The third kappa shape index (κ3) is 6.03. The van der Waals surface area contributed by atoms with Crippen LogP contribution in [0.2, 0.25) is 0 Å².